The molecule has 1 atom stereocenters. The summed E-state index contributed by atoms with van der Waals surface area (Å²) in [7, 11) is -3.93. The Hall–Kier alpha value is -3.72. The molecule has 0 bridgehead atoms. The third kappa shape index (κ3) is 5.09. The number of esters is 1. The number of nitrogens with one attached hydrogen (secondary N) is 1. The molecule has 0 aromatic heterocycles. The minimum Gasteiger partial charge on any atom is -0.423 e. The van der Waals surface area contributed by atoms with Crippen molar-refractivity contribution >= 4 is 27.4 Å². The van der Waals surface area contributed by atoms with E-state index in [4.69, 9.17) is 4.74 Å². The molecular formula is C25H23FN2O5S. The van der Waals surface area contributed by atoms with Gasteiger partial charge in [-0.15, -0.1) is 0 Å². The largest absolute Gasteiger partial charge is 0.423 e. The van der Waals surface area contributed by atoms with Crippen molar-refractivity contribution in [2.45, 2.75) is 17.1 Å². The number of fused-ring (bicyclic) bond motifs is 1. The molecule has 4 rings (SSSR count). The Morgan fingerprint density at radius 3 is 2.50 bits per heavy atom. The van der Waals surface area contributed by atoms with Gasteiger partial charge in [0.15, 0.2) is 15.6 Å². The first-order chi connectivity index (χ1) is 16.2. The van der Waals surface area contributed by atoms with Gasteiger partial charge in [-0.3, -0.25) is 4.79 Å². The standard InChI is InChI=1S/C25H23FN2O5S/c1-17-7-12-21-22(13-17)33-25(30)16-28(21)15-24(29)27-14-23(18-5-3-2-4-6-18)34(31,32)20-10-8-19(26)9-11-20/h2-13,23H,14-16H2,1H3,(H,27,29). The summed E-state index contributed by atoms with van der Waals surface area (Å²) >= 11 is 0. The molecule has 1 heterocycles. The molecule has 1 N–H and O–H groups in total. The van der Waals surface area contributed by atoms with Crippen LogP contribution in [-0.4, -0.2) is 39.9 Å². The van der Waals surface area contributed by atoms with Crippen molar-refractivity contribution in [1.82, 2.24) is 5.32 Å². The normalized spacial score (nSPS) is 14.2. The van der Waals surface area contributed by atoms with E-state index in [1.165, 1.54) is 12.1 Å². The number of hydrogen-bond donors (Lipinski definition) is 1. The second-order valence-corrected chi connectivity index (χ2v) is 10.1. The van der Waals surface area contributed by atoms with Crippen LogP contribution in [0.1, 0.15) is 16.4 Å². The van der Waals surface area contributed by atoms with Crippen LogP contribution in [0.3, 0.4) is 0 Å². The first-order valence-corrected chi connectivity index (χ1v) is 12.2. The van der Waals surface area contributed by atoms with E-state index in [1.807, 2.05) is 13.0 Å². The zero-order valence-corrected chi connectivity index (χ0v) is 19.2. The lowest BCUT2D eigenvalue weighted by atomic mass is 10.1. The van der Waals surface area contributed by atoms with Crippen LogP contribution in [0.5, 0.6) is 5.75 Å². The van der Waals surface area contributed by atoms with E-state index < -0.39 is 32.8 Å². The first kappa shape index (κ1) is 23.4. The molecule has 9 heteroatoms. The van der Waals surface area contributed by atoms with Gasteiger partial charge in [0.25, 0.3) is 0 Å². The van der Waals surface area contributed by atoms with Gasteiger partial charge in [-0.25, -0.2) is 17.6 Å². The highest BCUT2D eigenvalue weighted by atomic mass is 32.2. The molecule has 0 radical (unpaired) electrons. The minimum absolute atomic E-state index is 0.0416. The molecule has 176 valence electrons. The Morgan fingerprint density at radius 2 is 1.79 bits per heavy atom. The molecule has 3 aromatic carbocycles. The Bertz CT molecular complexity index is 1310. The zero-order chi connectivity index (χ0) is 24.3. The number of nitrogens with zero attached hydrogens (tertiary/aromatic N) is 1. The van der Waals surface area contributed by atoms with Crippen LogP contribution in [0.15, 0.2) is 77.7 Å². The number of carbonyl (C=O) groups excluding carboxylic acids is 2. The van der Waals surface area contributed by atoms with Gasteiger partial charge in [0, 0.05) is 6.54 Å². The van der Waals surface area contributed by atoms with Crippen molar-refractivity contribution in [3.8, 4) is 5.75 Å². The monoisotopic (exact) mass is 482 g/mol. The number of aryl methyl sites for hydroxylation is 1. The lowest BCUT2D eigenvalue weighted by Gasteiger charge is -2.29. The van der Waals surface area contributed by atoms with E-state index >= 15 is 0 Å². The summed E-state index contributed by atoms with van der Waals surface area (Å²) in [4.78, 5) is 26.3. The summed E-state index contributed by atoms with van der Waals surface area (Å²) in [5, 5.41) is 1.61. The van der Waals surface area contributed by atoms with Gasteiger partial charge >= 0.3 is 5.97 Å². The van der Waals surface area contributed by atoms with E-state index in [0.29, 0.717) is 17.0 Å². The van der Waals surface area contributed by atoms with Gasteiger partial charge in [0.1, 0.15) is 17.6 Å². The molecule has 0 spiro atoms. The third-order valence-electron chi connectivity index (χ3n) is 5.51. The van der Waals surface area contributed by atoms with E-state index in [9.17, 15) is 22.4 Å². The van der Waals surface area contributed by atoms with Gasteiger partial charge in [-0.2, -0.15) is 0 Å². The van der Waals surface area contributed by atoms with Crippen molar-refractivity contribution in [2.75, 3.05) is 24.5 Å². The molecule has 0 fully saturated rings. The molecule has 3 aromatic rings. The second kappa shape index (κ2) is 9.64. The highest BCUT2D eigenvalue weighted by Gasteiger charge is 2.31. The van der Waals surface area contributed by atoms with Crippen LogP contribution >= 0.6 is 0 Å². The average molecular weight is 483 g/mol. The quantitative estimate of drug-likeness (QED) is 0.316. The Balaban J connectivity index is 1.53. The van der Waals surface area contributed by atoms with E-state index in [-0.39, 0.29) is 24.5 Å². The minimum atomic E-state index is -3.93. The molecule has 0 saturated heterocycles. The van der Waals surface area contributed by atoms with Gasteiger partial charge < -0.3 is 15.0 Å². The third-order valence-corrected chi connectivity index (χ3v) is 7.62. The molecule has 1 aliphatic rings. The number of benzene rings is 3. The lowest BCUT2D eigenvalue weighted by molar-refractivity contribution is -0.133. The maximum atomic E-state index is 13.3. The van der Waals surface area contributed by atoms with Crippen LogP contribution in [-0.2, 0) is 19.4 Å². The number of amides is 1. The van der Waals surface area contributed by atoms with Gasteiger partial charge in [0.2, 0.25) is 5.91 Å². The molecule has 1 aliphatic heterocycles. The van der Waals surface area contributed by atoms with E-state index in [1.54, 1.807) is 47.4 Å². The van der Waals surface area contributed by atoms with Crippen molar-refractivity contribution in [3.05, 3.63) is 89.7 Å². The molecule has 34 heavy (non-hydrogen) atoms. The lowest BCUT2D eigenvalue weighted by Crippen LogP contribution is -2.44. The number of rotatable bonds is 7. The van der Waals surface area contributed by atoms with E-state index in [2.05, 4.69) is 5.32 Å². The fraction of sp³-hybridized carbons (Fsp3) is 0.200. The Morgan fingerprint density at radius 1 is 1.09 bits per heavy atom. The van der Waals surface area contributed by atoms with Crippen molar-refractivity contribution in [2.24, 2.45) is 0 Å². The smallest absolute Gasteiger partial charge is 0.331 e. The number of halogens is 1. The van der Waals surface area contributed by atoms with Crippen molar-refractivity contribution < 1.29 is 27.1 Å². The maximum absolute atomic E-state index is 13.3. The summed E-state index contributed by atoms with van der Waals surface area (Å²) in [6.07, 6.45) is 0. The molecule has 0 saturated carbocycles. The SMILES string of the molecule is Cc1ccc2c(c1)OC(=O)CN2CC(=O)NCC(c1ccccc1)S(=O)(=O)c1ccc(F)cc1. The van der Waals surface area contributed by atoms with E-state index in [0.717, 1.165) is 17.7 Å². The van der Waals surface area contributed by atoms with Crippen LogP contribution < -0.4 is 15.0 Å². The summed E-state index contributed by atoms with van der Waals surface area (Å²) in [6.45, 7) is 1.43. The van der Waals surface area contributed by atoms with Crippen LogP contribution in [0.25, 0.3) is 0 Å². The van der Waals surface area contributed by atoms with Crippen molar-refractivity contribution in [3.63, 3.8) is 0 Å². The van der Waals surface area contributed by atoms with Crippen LogP contribution in [0, 0.1) is 12.7 Å². The highest BCUT2D eigenvalue weighted by Crippen LogP contribution is 2.33. The molecular weight excluding hydrogens is 459 g/mol. The Labute approximate surface area is 197 Å². The summed E-state index contributed by atoms with van der Waals surface area (Å²) in [6, 6.07) is 18.4. The molecule has 7 nitrogen and oxygen atoms in total. The van der Waals surface area contributed by atoms with Gasteiger partial charge in [-0.1, -0.05) is 36.4 Å². The summed E-state index contributed by atoms with van der Waals surface area (Å²) < 4.78 is 45.3. The van der Waals surface area contributed by atoms with Crippen molar-refractivity contribution in [1.29, 1.82) is 0 Å². The average Bonchev–Trinajstić information content (AvgIpc) is 2.79. The number of ether oxygens (including phenoxy) is 1. The molecule has 1 amide bonds. The van der Waals surface area contributed by atoms with Crippen LogP contribution in [0.4, 0.5) is 10.1 Å². The fourth-order valence-electron chi connectivity index (χ4n) is 3.80. The predicted octanol–water partition coefficient (Wildman–Crippen LogP) is 3.19. The molecule has 1 unspecified atom stereocenters. The predicted molar refractivity (Wildman–Crippen MR) is 125 cm³/mol. The molecule has 0 aliphatic carbocycles. The topological polar surface area (TPSA) is 92.8 Å². The summed E-state index contributed by atoms with van der Waals surface area (Å²) in [5.41, 5.74) is 2.02. The van der Waals surface area contributed by atoms with Gasteiger partial charge in [-0.05, 0) is 54.4 Å². The second-order valence-electron chi connectivity index (χ2n) is 8.00. The summed E-state index contributed by atoms with van der Waals surface area (Å²) in [5.74, 6) is -1.09. The highest BCUT2D eigenvalue weighted by molar-refractivity contribution is 7.91. The Kier molecular flexibility index (Phi) is 6.65. The van der Waals surface area contributed by atoms with Gasteiger partial charge in [0.05, 0.1) is 17.1 Å². The zero-order valence-electron chi connectivity index (χ0n) is 18.4. The maximum Gasteiger partial charge on any atom is 0.331 e. The van der Waals surface area contributed by atoms with Crippen LogP contribution in [0.2, 0.25) is 0 Å². The number of carbonyl (C=O) groups is 2. The number of hydrogen-bond acceptors (Lipinski definition) is 6. The number of sulfone groups is 1. The fourth-order valence-corrected chi connectivity index (χ4v) is 5.46. The number of anilines is 1. The first-order valence-electron chi connectivity index (χ1n) is 10.6.